The highest BCUT2D eigenvalue weighted by atomic mass is 79.9. The van der Waals surface area contributed by atoms with Crippen LogP contribution in [0.1, 0.15) is 33.6 Å². The van der Waals surface area contributed by atoms with Crippen molar-refractivity contribution < 1.29 is 9.53 Å². The largest absolute Gasteiger partial charge is 0.372 e. The molecule has 90 valence electrons. The summed E-state index contributed by atoms with van der Waals surface area (Å²) in [5, 5.41) is 2.86. The molecule has 3 nitrogen and oxygen atoms in total. The van der Waals surface area contributed by atoms with Gasteiger partial charge in [0.25, 0.3) is 0 Å². The van der Waals surface area contributed by atoms with Crippen LogP contribution in [-0.2, 0) is 9.53 Å². The number of rotatable bonds is 8. The van der Waals surface area contributed by atoms with Crippen molar-refractivity contribution in [3.63, 3.8) is 0 Å². The highest BCUT2D eigenvalue weighted by Gasteiger charge is 2.15. The molecule has 0 saturated carbocycles. The van der Waals surface area contributed by atoms with Gasteiger partial charge in [0.05, 0.1) is 0 Å². The molecule has 1 atom stereocenters. The molecule has 4 heteroatoms. The fraction of sp³-hybridized carbons (Fsp3) is 0.909. The molecule has 0 heterocycles. The first-order valence-corrected chi connectivity index (χ1v) is 6.55. The number of carbonyl (C=O) groups excluding carboxylic acids is 1. The Bertz CT molecular complexity index is 172. The van der Waals surface area contributed by atoms with Crippen LogP contribution in [0.2, 0.25) is 0 Å². The summed E-state index contributed by atoms with van der Waals surface area (Å²) in [6, 6.07) is 0. The Hall–Kier alpha value is -0.0900. The van der Waals surface area contributed by atoms with E-state index in [0.717, 1.165) is 12.8 Å². The molecule has 0 aromatic heterocycles. The average Bonchev–Trinajstić information content (AvgIpc) is 2.25. The Balaban J connectivity index is 3.68. The van der Waals surface area contributed by atoms with Crippen molar-refractivity contribution in [3.05, 3.63) is 0 Å². The summed E-state index contributed by atoms with van der Waals surface area (Å²) in [5.41, 5.74) is 0. The van der Waals surface area contributed by atoms with Crippen molar-refractivity contribution >= 4 is 21.8 Å². The zero-order valence-electron chi connectivity index (χ0n) is 9.88. The summed E-state index contributed by atoms with van der Waals surface area (Å²) >= 11 is 3.61. The zero-order valence-corrected chi connectivity index (χ0v) is 11.5. The van der Waals surface area contributed by atoms with Crippen LogP contribution in [0, 0.1) is 5.92 Å². The maximum atomic E-state index is 11.2. The predicted octanol–water partition coefficient (Wildman–Crippen LogP) is 2.34. The third kappa shape index (κ3) is 6.90. The lowest BCUT2D eigenvalue weighted by Gasteiger charge is -2.19. The molecule has 0 aromatic carbocycles. The molecule has 0 bridgehead atoms. The second-order valence-corrected chi connectivity index (χ2v) is 4.71. The van der Waals surface area contributed by atoms with Gasteiger partial charge in [-0.15, -0.1) is 0 Å². The average molecular weight is 280 g/mol. The number of alkyl halides is 1. The van der Waals surface area contributed by atoms with Gasteiger partial charge in [-0.3, -0.25) is 4.79 Å². The monoisotopic (exact) mass is 279 g/mol. The minimum Gasteiger partial charge on any atom is -0.372 e. The van der Waals surface area contributed by atoms with E-state index in [9.17, 15) is 4.79 Å². The molecule has 15 heavy (non-hydrogen) atoms. The topological polar surface area (TPSA) is 38.3 Å². The summed E-state index contributed by atoms with van der Waals surface area (Å²) < 4.78 is 5.01. The summed E-state index contributed by atoms with van der Waals surface area (Å²) in [4.78, 5) is 11.6. The number of nitrogens with one attached hydrogen (secondary N) is 1. The maximum Gasteiger partial charge on any atom is 0.246 e. The molecule has 0 saturated heterocycles. The molecule has 0 aromatic rings. The van der Waals surface area contributed by atoms with E-state index < -0.39 is 0 Å². The summed E-state index contributed by atoms with van der Waals surface area (Å²) in [6.45, 7) is 7.65. The van der Waals surface area contributed by atoms with Crippen LogP contribution in [0.5, 0.6) is 0 Å². The van der Waals surface area contributed by atoms with Crippen molar-refractivity contribution in [2.24, 2.45) is 5.92 Å². The van der Waals surface area contributed by atoms with Gasteiger partial charge in [0.2, 0.25) is 5.91 Å². The fourth-order valence-electron chi connectivity index (χ4n) is 1.42. The summed E-state index contributed by atoms with van der Waals surface area (Å²) in [7, 11) is 0. The maximum absolute atomic E-state index is 11.2. The molecule has 0 aliphatic carbocycles. The second-order valence-electron chi connectivity index (χ2n) is 3.53. The molecular formula is C11H22BrNO2. The minimum absolute atomic E-state index is 0.0349. The smallest absolute Gasteiger partial charge is 0.246 e. The molecule has 0 spiro atoms. The van der Waals surface area contributed by atoms with Crippen molar-refractivity contribution in [2.45, 2.75) is 38.4 Å². The van der Waals surface area contributed by atoms with E-state index in [2.05, 4.69) is 35.1 Å². The predicted molar refractivity (Wildman–Crippen MR) is 66.3 cm³/mol. The van der Waals surface area contributed by atoms with Crippen LogP contribution in [-0.4, -0.2) is 30.5 Å². The number of ether oxygens (including phenoxy) is 1. The third-order valence-electron chi connectivity index (χ3n) is 2.49. The van der Waals surface area contributed by atoms with Crippen LogP contribution in [0.15, 0.2) is 0 Å². The van der Waals surface area contributed by atoms with Gasteiger partial charge in [-0.1, -0.05) is 42.6 Å². The van der Waals surface area contributed by atoms with Crippen molar-refractivity contribution in [1.82, 2.24) is 5.32 Å². The Morgan fingerprint density at radius 3 is 2.40 bits per heavy atom. The summed E-state index contributed by atoms with van der Waals surface area (Å²) in [6.07, 6.45) is 2.27. The first kappa shape index (κ1) is 14.9. The van der Waals surface area contributed by atoms with Gasteiger partial charge >= 0.3 is 0 Å². The molecule has 1 N–H and O–H groups in total. The lowest BCUT2D eigenvalue weighted by Crippen LogP contribution is -2.35. The van der Waals surface area contributed by atoms with E-state index in [4.69, 9.17) is 4.74 Å². The van der Waals surface area contributed by atoms with Gasteiger partial charge in [-0.25, -0.2) is 0 Å². The highest BCUT2D eigenvalue weighted by molar-refractivity contribution is 9.09. The first-order valence-electron chi connectivity index (χ1n) is 5.64. The standard InChI is InChI=1S/C11H22BrNO2/c1-4-9(5-2)10(12)7-13-11(14)8-15-6-3/h9-10H,4-8H2,1-3H3,(H,13,14). The van der Waals surface area contributed by atoms with Gasteiger partial charge in [0, 0.05) is 18.0 Å². The van der Waals surface area contributed by atoms with Crippen LogP contribution >= 0.6 is 15.9 Å². The van der Waals surface area contributed by atoms with Crippen LogP contribution in [0.4, 0.5) is 0 Å². The zero-order chi connectivity index (χ0) is 11.7. The highest BCUT2D eigenvalue weighted by Crippen LogP contribution is 2.19. The molecule has 0 aliphatic heterocycles. The number of hydrogen-bond donors (Lipinski definition) is 1. The van der Waals surface area contributed by atoms with Crippen molar-refractivity contribution in [3.8, 4) is 0 Å². The molecule has 1 unspecified atom stereocenters. The molecule has 0 rings (SSSR count). The van der Waals surface area contributed by atoms with E-state index in [1.165, 1.54) is 0 Å². The molecule has 1 amide bonds. The van der Waals surface area contributed by atoms with Crippen LogP contribution in [0.3, 0.4) is 0 Å². The Labute approximate surface area is 101 Å². The summed E-state index contributed by atoms with van der Waals surface area (Å²) in [5.74, 6) is 0.588. The van der Waals surface area contributed by atoms with E-state index in [1.807, 2.05) is 6.92 Å². The Morgan fingerprint density at radius 1 is 1.33 bits per heavy atom. The van der Waals surface area contributed by atoms with Crippen molar-refractivity contribution in [2.75, 3.05) is 19.8 Å². The van der Waals surface area contributed by atoms with Gasteiger partial charge < -0.3 is 10.1 Å². The lowest BCUT2D eigenvalue weighted by molar-refractivity contribution is -0.125. The third-order valence-corrected chi connectivity index (χ3v) is 3.56. The number of halogens is 1. The van der Waals surface area contributed by atoms with Crippen LogP contribution < -0.4 is 5.32 Å². The lowest BCUT2D eigenvalue weighted by atomic mass is 9.99. The Morgan fingerprint density at radius 2 is 1.93 bits per heavy atom. The van der Waals surface area contributed by atoms with Gasteiger partial charge in [0.15, 0.2) is 0 Å². The van der Waals surface area contributed by atoms with Gasteiger partial charge in [0.1, 0.15) is 6.61 Å². The normalized spacial score (nSPS) is 12.9. The number of carbonyl (C=O) groups is 1. The number of hydrogen-bond acceptors (Lipinski definition) is 2. The quantitative estimate of drug-likeness (QED) is 0.693. The molecule has 0 radical (unpaired) electrons. The van der Waals surface area contributed by atoms with E-state index >= 15 is 0 Å². The molecular weight excluding hydrogens is 258 g/mol. The molecule has 0 fully saturated rings. The minimum atomic E-state index is -0.0349. The molecule has 0 aliphatic rings. The second kappa shape index (κ2) is 9.16. The van der Waals surface area contributed by atoms with E-state index in [0.29, 0.717) is 23.9 Å². The van der Waals surface area contributed by atoms with Crippen molar-refractivity contribution in [1.29, 1.82) is 0 Å². The van der Waals surface area contributed by atoms with Gasteiger partial charge in [-0.2, -0.15) is 0 Å². The SMILES string of the molecule is CCOCC(=O)NCC(Br)C(CC)CC. The van der Waals surface area contributed by atoms with Crippen LogP contribution in [0.25, 0.3) is 0 Å². The fourth-order valence-corrected chi connectivity index (χ4v) is 2.33. The first-order chi connectivity index (χ1) is 7.15. The van der Waals surface area contributed by atoms with E-state index in [1.54, 1.807) is 0 Å². The Kier molecular flexibility index (Phi) is 9.10. The van der Waals surface area contributed by atoms with E-state index in [-0.39, 0.29) is 12.5 Å². The number of amides is 1. The van der Waals surface area contributed by atoms with Gasteiger partial charge in [-0.05, 0) is 12.8 Å².